The molecule has 2 N–H and O–H groups in total. The number of hydrogen-bond acceptors (Lipinski definition) is 4. The van der Waals surface area contributed by atoms with Gasteiger partial charge in [0.05, 0.1) is 11.4 Å². The number of fused-ring (bicyclic) bond motifs is 1. The predicted octanol–water partition coefficient (Wildman–Crippen LogP) is 3.73. The van der Waals surface area contributed by atoms with Gasteiger partial charge in [0.25, 0.3) is 5.91 Å². The van der Waals surface area contributed by atoms with Gasteiger partial charge in [-0.25, -0.2) is 9.79 Å². The van der Waals surface area contributed by atoms with Crippen LogP contribution in [0.1, 0.15) is 16.7 Å². The number of ether oxygens (including phenoxy) is 1. The minimum absolute atomic E-state index is 0.108. The van der Waals surface area contributed by atoms with Crippen molar-refractivity contribution in [2.75, 3.05) is 5.32 Å². The lowest BCUT2D eigenvalue weighted by Gasteiger charge is -2.13. The second kappa shape index (κ2) is 8.39. The van der Waals surface area contributed by atoms with Gasteiger partial charge in [0.1, 0.15) is 6.61 Å². The van der Waals surface area contributed by atoms with Gasteiger partial charge in [-0.3, -0.25) is 10.1 Å². The molecule has 29 heavy (non-hydrogen) atoms. The SMILES string of the molecule is O=C(N[C@H]1N=C(c2ccccc2)c2ccccc2NC1=O)OCc1ccccc1. The van der Waals surface area contributed by atoms with Crippen molar-refractivity contribution in [3.63, 3.8) is 0 Å². The van der Waals surface area contributed by atoms with E-state index in [-0.39, 0.29) is 6.61 Å². The maximum Gasteiger partial charge on any atom is 0.409 e. The van der Waals surface area contributed by atoms with Crippen molar-refractivity contribution in [2.24, 2.45) is 4.99 Å². The number of para-hydroxylation sites is 1. The molecule has 1 aliphatic heterocycles. The van der Waals surface area contributed by atoms with Crippen LogP contribution in [0.2, 0.25) is 0 Å². The molecule has 3 aromatic rings. The highest BCUT2D eigenvalue weighted by atomic mass is 16.5. The van der Waals surface area contributed by atoms with Crippen molar-refractivity contribution < 1.29 is 14.3 Å². The Morgan fingerprint density at radius 2 is 1.59 bits per heavy atom. The summed E-state index contributed by atoms with van der Waals surface area (Å²) in [4.78, 5) is 29.5. The average Bonchev–Trinajstić information content (AvgIpc) is 2.90. The topological polar surface area (TPSA) is 79.8 Å². The molecule has 6 nitrogen and oxygen atoms in total. The van der Waals surface area contributed by atoms with Gasteiger partial charge in [-0.1, -0.05) is 78.9 Å². The number of carbonyl (C=O) groups excluding carboxylic acids is 2. The zero-order chi connectivity index (χ0) is 20.1. The molecular formula is C23H19N3O3. The van der Waals surface area contributed by atoms with Gasteiger partial charge in [0.2, 0.25) is 6.17 Å². The van der Waals surface area contributed by atoms with Crippen LogP contribution >= 0.6 is 0 Å². The molecule has 1 heterocycles. The highest BCUT2D eigenvalue weighted by molar-refractivity contribution is 6.19. The van der Waals surface area contributed by atoms with Crippen LogP contribution in [0.15, 0.2) is 89.9 Å². The number of benzene rings is 3. The summed E-state index contributed by atoms with van der Waals surface area (Å²) in [5.74, 6) is -0.431. The Balaban J connectivity index is 1.58. The van der Waals surface area contributed by atoms with E-state index in [1.165, 1.54) is 0 Å². The highest BCUT2D eigenvalue weighted by Crippen LogP contribution is 2.23. The summed E-state index contributed by atoms with van der Waals surface area (Å²) in [5, 5.41) is 5.38. The van der Waals surface area contributed by atoms with Crippen LogP contribution < -0.4 is 10.6 Å². The molecule has 0 saturated carbocycles. The van der Waals surface area contributed by atoms with E-state index in [4.69, 9.17) is 4.74 Å². The normalized spacial score (nSPS) is 15.4. The molecule has 1 atom stereocenters. The fourth-order valence-electron chi connectivity index (χ4n) is 3.06. The molecule has 144 valence electrons. The van der Waals surface area contributed by atoms with Gasteiger partial charge < -0.3 is 10.1 Å². The third-order valence-corrected chi connectivity index (χ3v) is 4.46. The number of carbonyl (C=O) groups is 2. The largest absolute Gasteiger partial charge is 0.445 e. The van der Waals surface area contributed by atoms with Gasteiger partial charge in [-0.15, -0.1) is 0 Å². The minimum atomic E-state index is -1.11. The second-order valence-corrected chi connectivity index (χ2v) is 6.49. The van der Waals surface area contributed by atoms with E-state index in [0.717, 1.165) is 16.7 Å². The fraction of sp³-hybridized carbons (Fsp3) is 0.0870. The molecule has 0 radical (unpaired) electrons. The third-order valence-electron chi connectivity index (χ3n) is 4.46. The summed E-state index contributed by atoms with van der Waals surface area (Å²) < 4.78 is 5.24. The molecule has 0 unspecified atom stereocenters. The molecule has 6 heteroatoms. The van der Waals surface area contributed by atoms with Gasteiger partial charge in [-0.05, 0) is 11.6 Å². The van der Waals surface area contributed by atoms with Crippen molar-refractivity contribution >= 4 is 23.4 Å². The molecule has 0 bridgehead atoms. The Bertz CT molecular complexity index is 1050. The minimum Gasteiger partial charge on any atom is -0.445 e. The lowest BCUT2D eigenvalue weighted by Crippen LogP contribution is -2.42. The molecule has 2 amide bonds. The fourth-order valence-corrected chi connectivity index (χ4v) is 3.06. The van der Waals surface area contributed by atoms with Crippen LogP contribution in [0.25, 0.3) is 0 Å². The number of nitrogens with zero attached hydrogens (tertiary/aromatic N) is 1. The summed E-state index contributed by atoms with van der Waals surface area (Å²) in [6.07, 6.45) is -1.82. The number of aliphatic imine (C=N–C) groups is 1. The number of alkyl carbamates (subject to hydrolysis) is 1. The molecule has 0 saturated heterocycles. The van der Waals surface area contributed by atoms with E-state index in [2.05, 4.69) is 15.6 Å². The van der Waals surface area contributed by atoms with Crippen LogP contribution in [0.3, 0.4) is 0 Å². The summed E-state index contributed by atoms with van der Waals surface area (Å²) in [7, 11) is 0. The van der Waals surface area contributed by atoms with E-state index in [1.54, 1.807) is 0 Å². The summed E-state index contributed by atoms with van der Waals surface area (Å²) >= 11 is 0. The summed E-state index contributed by atoms with van der Waals surface area (Å²) in [6, 6.07) is 26.3. The van der Waals surface area contributed by atoms with Crippen molar-refractivity contribution in [2.45, 2.75) is 12.8 Å². The second-order valence-electron chi connectivity index (χ2n) is 6.49. The van der Waals surface area contributed by atoms with Crippen LogP contribution in [0, 0.1) is 0 Å². The molecule has 0 aromatic heterocycles. The quantitative estimate of drug-likeness (QED) is 0.718. The summed E-state index contributed by atoms with van der Waals surface area (Å²) in [6.45, 7) is 0.108. The molecule has 0 spiro atoms. The van der Waals surface area contributed by atoms with Crippen molar-refractivity contribution in [1.82, 2.24) is 5.32 Å². The highest BCUT2D eigenvalue weighted by Gasteiger charge is 2.27. The van der Waals surface area contributed by atoms with E-state index in [9.17, 15) is 9.59 Å². The third kappa shape index (κ3) is 4.32. The maximum atomic E-state index is 12.7. The molecule has 0 aliphatic carbocycles. The smallest absolute Gasteiger partial charge is 0.409 e. The molecule has 4 rings (SSSR count). The predicted molar refractivity (Wildman–Crippen MR) is 111 cm³/mol. The van der Waals surface area contributed by atoms with Gasteiger partial charge >= 0.3 is 6.09 Å². The Labute approximate surface area is 168 Å². The van der Waals surface area contributed by atoms with E-state index >= 15 is 0 Å². The monoisotopic (exact) mass is 385 g/mol. The molecule has 0 fully saturated rings. The average molecular weight is 385 g/mol. The first-order valence-electron chi connectivity index (χ1n) is 9.21. The Hall–Kier alpha value is -3.93. The maximum absolute atomic E-state index is 12.7. The van der Waals surface area contributed by atoms with Crippen LogP contribution in [0.5, 0.6) is 0 Å². The molecule has 1 aliphatic rings. The summed E-state index contributed by atoms with van der Waals surface area (Å²) in [5.41, 5.74) is 3.75. The number of amides is 2. The van der Waals surface area contributed by atoms with Crippen molar-refractivity contribution in [1.29, 1.82) is 0 Å². The van der Waals surface area contributed by atoms with E-state index < -0.39 is 18.2 Å². The first-order chi connectivity index (χ1) is 14.2. The van der Waals surface area contributed by atoms with Crippen LogP contribution in [-0.2, 0) is 16.1 Å². The number of rotatable bonds is 4. The zero-order valence-electron chi connectivity index (χ0n) is 15.5. The zero-order valence-corrected chi connectivity index (χ0v) is 15.5. The van der Waals surface area contributed by atoms with Crippen LogP contribution in [-0.4, -0.2) is 23.9 Å². The number of nitrogens with one attached hydrogen (secondary N) is 2. The Morgan fingerprint density at radius 1 is 0.931 bits per heavy atom. The van der Waals surface area contributed by atoms with E-state index in [1.807, 2.05) is 84.9 Å². The Kier molecular flexibility index (Phi) is 5.33. The number of benzodiazepines with no additional fused rings is 1. The van der Waals surface area contributed by atoms with Gasteiger partial charge in [-0.2, -0.15) is 0 Å². The Morgan fingerprint density at radius 3 is 2.34 bits per heavy atom. The lowest BCUT2D eigenvalue weighted by atomic mass is 10.0. The first kappa shape index (κ1) is 18.4. The van der Waals surface area contributed by atoms with Crippen molar-refractivity contribution in [3.05, 3.63) is 102 Å². The molecular weight excluding hydrogens is 366 g/mol. The standard InChI is InChI=1S/C23H19N3O3/c27-22-21(26-23(28)29-15-16-9-3-1-4-10-16)25-20(17-11-5-2-6-12-17)18-13-7-8-14-19(18)24-22/h1-14,21H,15H2,(H,24,27)(H,26,28)/t21-/m1/s1. The van der Waals surface area contributed by atoms with Crippen molar-refractivity contribution in [3.8, 4) is 0 Å². The van der Waals surface area contributed by atoms with Gasteiger partial charge in [0.15, 0.2) is 0 Å². The lowest BCUT2D eigenvalue weighted by molar-refractivity contribution is -0.117. The number of anilines is 1. The number of hydrogen-bond donors (Lipinski definition) is 2. The van der Waals surface area contributed by atoms with Crippen LogP contribution in [0.4, 0.5) is 10.5 Å². The molecule has 3 aromatic carbocycles. The first-order valence-corrected chi connectivity index (χ1v) is 9.21. The van der Waals surface area contributed by atoms with Gasteiger partial charge in [0, 0.05) is 11.1 Å². The van der Waals surface area contributed by atoms with E-state index in [0.29, 0.717) is 11.4 Å².